The predicted molar refractivity (Wildman–Crippen MR) is 77.1 cm³/mol. The van der Waals surface area contributed by atoms with E-state index in [1.54, 1.807) is 0 Å². The van der Waals surface area contributed by atoms with Crippen LogP contribution in [0.25, 0.3) is 0 Å². The lowest BCUT2D eigenvalue weighted by Gasteiger charge is -2.10. The van der Waals surface area contributed by atoms with Crippen LogP contribution in [-0.4, -0.2) is 34.8 Å². The van der Waals surface area contributed by atoms with E-state index >= 15 is 0 Å². The molecule has 0 aromatic carbocycles. The molecule has 1 aromatic heterocycles. The molecule has 6 heteroatoms. The van der Waals surface area contributed by atoms with Crippen molar-refractivity contribution in [1.82, 2.24) is 15.5 Å². The maximum Gasteiger partial charge on any atom is 0.315 e. The third kappa shape index (κ3) is 5.27. The van der Waals surface area contributed by atoms with Crippen molar-refractivity contribution in [2.75, 3.05) is 23.9 Å². The molecule has 104 valence electrons. The Morgan fingerprint density at radius 1 is 1.33 bits per heavy atom. The van der Waals surface area contributed by atoms with Crippen LogP contribution < -0.4 is 10.6 Å². The summed E-state index contributed by atoms with van der Waals surface area (Å²) in [5, 5.41) is 14.6. The van der Waals surface area contributed by atoms with Gasteiger partial charge in [0.15, 0.2) is 0 Å². The van der Waals surface area contributed by atoms with Gasteiger partial charge in [0.2, 0.25) is 5.89 Å². The Kier molecular flexibility index (Phi) is 7.12. The molecule has 0 amide bonds. The Bertz CT molecular complexity index is 332. The van der Waals surface area contributed by atoms with Gasteiger partial charge in [-0.25, -0.2) is 0 Å². The number of hydrogen-bond acceptors (Lipinski definition) is 6. The molecule has 0 radical (unpaired) electrons. The number of hydrogen-bond donors (Lipinski definition) is 2. The van der Waals surface area contributed by atoms with Crippen molar-refractivity contribution in [1.29, 1.82) is 0 Å². The van der Waals surface area contributed by atoms with Gasteiger partial charge in [-0.15, -0.1) is 5.10 Å². The van der Waals surface area contributed by atoms with E-state index in [2.05, 4.69) is 40.9 Å². The van der Waals surface area contributed by atoms with E-state index in [0.29, 0.717) is 17.9 Å². The van der Waals surface area contributed by atoms with Crippen LogP contribution in [0.4, 0.5) is 6.01 Å². The number of nitrogens with one attached hydrogen (secondary N) is 2. The molecule has 1 heterocycles. The van der Waals surface area contributed by atoms with Gasteiger partial charge in [0.05, 0.1) is 6.04 Å². The van der Waals surface area contributed by atoms with Gasteiger partial charge in [-0.05, 0) is 45.2 Å². The number of rotatable bonds is 9. The van der Waals surface area contributed by atoms with E-state index < -0.39 is 0 Å². The van der Waals surface area contributed by atoms with E-state index in [1.807, 2.05) is 18.7 Å². The summed E-state index contributed by atoms with van der Waals surface area (Å²) in [5.41, 5.74) is 0. The summed E-state index contributed by atoms with van der Waals surface area (Å²) in [5.74, 6) is 1.77. The molecule has 0 bridgehead atoms. The Labute approximate surface area is 114 Å². The SMILES string of the molecule is CCCNC(C)c1nnc(NC(C)CCSC)o1. The van der Waals surface area contributed by atoms with Gasteiger partial charge in [-0.1, -0.05) is 12.0 Å². The molecular formula is C12H24N4OS. The van der Waals surface area contributed by atoms with E-state index in [4.69, 9.17) is 4.42 Å². The van der Waals surface area contributed by atoms with Gasteiger partial charge >= 0.3 is 6.01 Å². The minimum atomic E-state index is 0.106. The van der Waals surface area contributed by atoms with Crippen molar-refractivity contribution in [3.63, 3.8) is 0 Å². The molecule has 0 spiro atoms. The zero-order valence-corrected chi connectivity index (χ0v) is 12.5. The van der Waals surface area contributed by atoms with Gasteiger partial charge < -0.3 is 15.1 Å². The highest BCUT2D eigenvalue weighted by molar-refractivity contribution is 7.98. The lowest BCUT2D eigenvalue weighted by atomic mass is 10.3. The number of anilines is 1. The van der Waals surface area contributed by atoms with Crippen LogP contribution in [0.15, 0.2) is 4.42 Å². The van der Waals surface area contributed by atoms with Crippen molar-refractivity contribution in [3.05, 3.63) is 5.89 Å². The quantitative estimate of drug-likeness (QED) is 0.720. The summed E-state index contributed by atoms with van der Waals surface area (Å²) in [7, 11) is 0. The molecule has 0 saturated carbocycles. The first-order valence-electron chi connectivity index (χ1n) is 6.49. The van der Waals surface area contributed by atoms with Crippen molar-refractivity contribution in [3.8, 4) is 0 Å². The number of nitrogens with zero attached hydrogens (tertiary/aromatic N) is 2. The standard InChI is InChI=1S/C12H24N4OS/c1-5-7-13-10(3)11-15-16-12(17-11)14-9(2)6-8-18-4/h9-10,13H,5-8H2,1-4H3,(H,14,16). The molecule has 0 saturated heterocycles. The summed E-state index contributed by atoms with van der Waals surface area (Å²) < 4.78 is 5.59. The summed E-state index contributed by atoms with van der Waals surface area (Å²) in [6.45, 7) is 7.24. The van der Waals surface area contributed by atoms with Crippen molar-refractivity contribution in [2.45, 2.75) is 45.7 Å². The molecule has 18 heavy (non-hydrogen) atoms. The topological polar surface area (TPSA) is 63.0 Å². The summed E-state index contributed by atoms with van der Waals surface area (Å²) >= 11 is 1.84. The second kappa shape index (κ2) is 8.37. The van der Waals surface area contributed by atoms with Crippen LogP contribution in [0.3, 0.4) is 0 Å². The second-order valence-electron chi connectivity index (χ2n) is 4.45. The summed E-state index contributed by atoms with van der Waals surface area (Å²) in [4.78, 5) is 0. The number of thioether (sulfide) groups is 1. The van der Waals surface area contributed by atoms with Gasteiger partial charge in [-0.3, -0.25) is 0 Å². The molecule has 0 aliphatic rings. The fourth-order valence-corrected chi connectivity index (χ4v) is 2.08. The highest BCUT2D eigenvalue weighted by Gasteiger charge is 2.14. The van der Waals surface area contributed by atoms with E-state index in [9.17, 15) is 0 Å². The lowest BCUT2D eigenvalue weighted by molar-refractivity contribution is 0.421. The molecule has 0 aliphatic heterocycles. The van der Waals surface area contributed by atoms with Crippen LogP contribution in [0.5, 0.6) is 0 Å². The lowest BCUT2D eigenvalue weighted by Crippen LogP contribution is -2.19. The maximum absolute atomic E-state index is 5.59. The molecule has 0 fully saturated rings. The molecular weight excluding hydrogens is 248 g/mol. The monoisotopic (exact) mass is 272 g/mol. The fraction of sp³-hybridized carbons (Fsp3) is 0.833. The summed E-state index contributed by atoms with van der Waals surface area (Å²) in [6.07, 6.45) is 4.29. The predicted octanol–water partition coefficient (Wildman–Crippen LogP) is 2.68. The zero-order valence-electron chi connectivity index (χ0n) is 11.7. The molecule has 2 atom stereocenters. The van der Waals surface area contributed by atoms with Crippen LogP contribution in [-0.2, 0) is 0 Å². The largest absolute Gasteiger partial charge is 0.406 e. The van der Waals surface area contributed by atoms with Gasteiger partial charge in [-0.2, -0.15) is 11.8 Å². The first kappa shape index (κ1) is 15.3. The minimum absolute atomic E-state index is 0.106. The van der Waals surface area contributed by atoms with Crippen LogP contribution in [0.2, 0.25) is 0 Å². The molecule has 1 rings (SSSR count). The van der Waals surface area contributed by atoms with Gasteiger partial charge in [0.1, 0.15) is 0 Å². The molecule has 1 aromatic rings. The normalized spacial score (nSPS) is 14.4. The van der Waals surface area contributed by atoms with Crippen molar-refractivity contribution in [2.24, 2.45) is 0 Å². The van der Waals surface area contributed by atoms with Gasteiger partial charge in [0.25, 0.3) is 0 Å². The Morgan fingerprint density at radius 2 is 2.11 bits per heavy atom. The van der Waals surface area contributed by atoms with Crippen molar-refractivity contribution < 1.29 is 4.42 Å². The van der Waals surface area contributed by atoms with Crippen LogP contribution >= 0.6 is 11.8 Å². The maximum atomic E-state index is 5.59. The van der Waals surface area contributed by atoms with E-state index in [0.717, 1.165) is 25.1 Å². The Morgan fingerprint density at radius 3 is 2.78 bits per heavy atom. The van der Waals surface area contributed by atoms with Crippen molar-refractivity contribution >= 4 is 17.8 Å². The highest BCUT2D eigenvalue weighted by atomic mass is 32.2. The Hall–Kier alpha value is -0.750. The summed E-state index contributed by atoms with van der Waals surface area (Å²) in [6, 6.07) is 0.975. The fourth-order valence-electron chi connectivity index (χ4n) is 1.49. The molecule has 2 unspecified atom stereocenters. The van der Waals surface area contributed by atoms with E-state index in [1.165, 1.54) is 0 Å². The molecule has 2 N–H and O–H groups in total. The first-order valence-corrected chi connectivity index (χ1v) is 7.89. The minimum Gasteiger partial charge on any atom is -0.406 e. The Balaban J connectivity index is 2.42. The van der Waals surface area contributed by atoms with Gasteiger partial charge in [0, 0.05) is 6.04 Å². The van der Waals surface area contributed by atoms with E-state index in [-0.39, 0.29) is 6.04 Å². The molecule has 5 nitrogen and oxygen atoms in total. The average Bonchev–Trinajstić information content (AvgIpc) is 2.82. The highest BCUT2D eigenvalue weighted by Crippen LogP contribution is 2.15. The molecule has 0 aliphatic carbocycles. The zero-order chi connectivity index (χ0) is 13.4. The smallest absolute Gasteiger partial charge is 0.315 e. The third-order valence-corrected chi connectivity index (χ3v) is 3.28. The third-order valence-electron chi connectivity index (χ3n) is 2.64. The average molecular weight is 272 g/mol. The number of aromatic nitrogens is 2. The first-order chi connectivity index (χ1) is 8.67. The van der Waals surface area contributed by atoms with Crippen LogP contribution in [0.1, 0.15) is 45.5 Å². The van der Waals surface area contributed by atoms with Crippen LogP contribution in [0, 0.1) is 0 Å². The second-order valence-corrected chi connectivity index (χ2v) is 5.43.